The summed E-state index contributed by atoms with van der Waals surface area (Å²) in [6, 6.07) is 2.38. The highest BCUT2D eigenvalue weighted by Crippen LogP contribution is 2.32. The van der Waals surface area contributed by atoms with Crippen molar-refractivity contribution in [2.24, 2.45) is 0 Å². The minimum Gasteiger partial charge on any atom is -0.207 e. The lowest BCUT2D eigenvalue weighted by Crippen LogP contribution is -2.05. The van der Waals surface area contributed by atoms with E-state index in [0.29, 0.717) is 11.1 Å². The van der Waals surface area contributed by atoms with Crippen LogP contribution in [0.2, 0.25) is 0 Å². The highest BCUT2D eigenvalue weighted by molar-refractivity contribution is 5.58. The van der Waals surface area contributed by atoms with Crippen molar-refractivity contribution in [1.82, 2.24) is 0 Å². The van der Waals surface area contributed by atoms with Gasteiger partial charge < -0.3 is 0 Å². The fourth-order valence-electron chi connectivity index (χ4n) is 1.76. The van der Waals surface area contributed by atoms with Crippen LogP contribution in [0, 0.1) is 11.6 Å². The van der Waals surface area contributed by atoms with Crippen LogP contribution >= 0.6 is 0 Å². The molecule has 0 N–H and O–H groups in total. The van der Waals surface area contributed by atoms with Crippen LogP contribution in [0.3, 0.4) is 0 Å². The molecule has 1 unspecified atom stereocenters. The summed E-state index contributed by atoms with van der Waals surface area (Å²) in [7, 11) is 0. The first-order valence-electron chi connectivity index (χ1n) is 4.34. The second-order valence-corrected chi connectivity index (χ2v) is 3.40. The average molecular weight is 180 g/mol. The number of benzene rings is 1. The smallest absolute Gasteiger partial charge is 0.130 e. The summed E-state index contributed by atoms with van der Waals surface area (Å²) in [5.74, 6) is -0.553. The van der Waals surface area contributed by atoms with Crippen LogP contribution in [-0.2, 0) is 0 Å². The second-order valence-electron chi connectivity index (χ2n) is 3.40. The first kappa shape index (κ1) is 8.42. The Morgan fingerprint density at radius 2 is 1.92 bits per heavy atom. The van der Waals surface area contributed by atoms with E-state index in [1.54, 1.807) is 6.08 Å². The molecule has 0 nitrogen and oxygen atoms in total. The summed E-state index contributed by atoms with van der Waals surface area (Å²) in [5, 5.41) is 0. The molecule has 1 atom stereocenters. The Morgan fingerprint density at radius 3 is 2.62 bits per heavy atom. The number of allylic oxidation sites excluding steroid dienone is 1. The van der Waals surface area contributed by atoms with Gasteiger partial charge in [-0.05, 0) is 24.5 Å². The van der Waals surface area contributed by atoms with Gasteiger partial charge in [-0.3, -0.25) is 0 Å². The maximum atomic E-state index is 13.3. The first-order chi connectivity index (χ1) is 6.20. The third-order valence-corrected chi connectivity index (χ3v) is 2.45. The molecule has 68 valence electrons. The number of hydrogen-bond acceptors (Lipinski definition) is 0. The summed E-state index contributed by atoms with van der Waals surface area (Å²) >= 11 is 0. The molecular formula is C11H10F2. The number of halogens is 2. The Kier molecular flexibility index (Phi) is 1.91. The molecule has 2 heteroatoms. The van der Waals surface area contributed by atoms with Crippen LogP contribution < -0.4 is 0 Å². The van der Waals surface area contributed by atoms with Crippen molar-refractivity contribution in [2.75, 3.05) is 0 Å². The molecule has 0 bridgehead atoms. The molecule has 1 aliphatic carbocycles. The van der Waals surface area contributed by atoms with E-state index in [4.69, 9.17) is 0 Å². The van der Waals surface area contributed by atoms with Crippen LogP contribution in [0.1, 0.15) is 30.4 Å². The summed E-state index contributed by atoms with van der Waals surface area (Å²) in [6.07, 6.45) is 4.33. The van der Waals surface area contributed by atoms with Gasteiger partial charge in [0.25, 0.3) is 0 Å². The van der Waals surface area contributed by atoms with E-state index in [-0.39, 0.29) is 17.6 Å². The van der Waals surface area contributed by atoms with Crippen LogP contribution in [0.15, 0.2) is 18.2 Å². The highest BCUT2D eigenvalue weighted by Gasteiger charge is 2.19. The van der Waals surface area contributed by atoms with Crippen molar-refractivity contribution in [3.63, 3.8) is 0 Å². The molecule has 2 rings (SSSR count). The maximum Gasteiger partial charge on any atom is 0.130 e. The molecule has 0 amide bonds. The summed E-state index contributed by atoms with van der Waals surface area (Å²) < 4.78 is 26.5. The highest BCUT2D eigenvalue weighted by atomic mass is 19.1. The topological polar surface area (TPSA) is 0 Å². The normalized spacial score (nSPS) is 20.1. The Labute approximate surface area is 75.9 Å². The lowest BCUT2D eigenvalue weighted by atomic mass is 9.88. The summed E-state index contributed by atoms with van der Waals surface area (Å²) in [5.41, 5.74) is 0.932. The predicted octanol–water partition coefficient (Wildman–Crippen LogP) is 3.49. The third kappa shape index (κ3) is 1.26. The molecule has 0 saturated carbocycles. The van der Waals surface area contributed by atoms with Crippen molar-refractivity contribution in [3.05, 3.63) is 41.0 Å². The van der Waals surface area contributed by atoms with Gasteiger partial charge in [-0.2, -0.15) is 0 Å². The van der Waals surface area contributed by atoms with E-state index in [2.05, 4.69) is 0 Å². The number of fused-ring (bicyclic) bond motifs is 1. The Hall–Kier alpha value is -1.18. The average Bonchev–Trinajstić information content (AvgIpc) is 2.12. The third-order valence-electron chi connectivity index (χ3n) is 2.45. The minimum absolute atomic E-state index is 0.0794. The Balaban J connectivity index is 2.69. The summed E-state index contributed by atoms with van der Waals surface area (Å²) in [6.45, 7) is 1.91. The van der Waals surface area contributed by atoms with E-state index in [0.717, 1.165) is 6.42 Å². The molecule has 0 heterocycles. The van der Waals surface area contributed by atoms with Gasteiger partial charge in [-0.25, -0.2) is 8.78 Å². The van der Waals surface area contributed by atoms with Gasteiger partial charge in [0.1, 0.15) is 11.6 Å². The molecule has 0 radical (unpaired) electrons. The lowest BCUT2D eigenvalue weighted by Gasteiger charge is -2.18. The molecule has 0 fully saturated rings. The molecule has 0 aromatic heterocycles. The van der Waals surface area contributed by atoms with Crippen LogP contribution in [0.4, 0.5) is 8.78 Å². The zero-order valence-corrected chi connectivity index (χ0v) is 7.35. The van der Waals surface area contributed by atoms with Gasteiger partial charge in [0.2, 0.25) is 0 Å². The van der Waals surface area contributed by atoms with Gasteiger partial charge in [-0.15, -0.1) is 0 Å². The van der Waals surface area contributed by atoms with Crippen molar-refractivity contribution in [3.8, 4) is 0 Å². The van der Waals surface area contributed by atoms with Crippen LogP contribution in [-0.4, -0.2) is 0 Å². The molecule has 0 spiro atoms. The van der Waals surface area contributed by atoms with Gasteiger partial charge in [-0.1, -0.05) is 19.1 Å². The molecule has 0 aliphatic heterocycles. The second kappa shape index (κ2) is 2.95. The Bertz CT molecular complexity index is 367. The van der Waals surface area contributed by atoms with E-state index >= 15 is 0 Å². The minimum atomic E-state index is -0.334. The van der Waals surface area contributed by atoms with E-state index < -0.39 is 0 Å². The Morgan fingerprint density at radius 1 is 1.23 bits per heavy atom. The summed E-state index contributed by atoms with van der Waals surface area (Å²) in [4.78, 5) is 0. The van der Waals surface area contributed by atoms with Gasteiger partial charge >= 0.3 is 0 Å². The molecule has 0 saturated heterocycles. The molecule has 1 aromatic carbocycles. The standard InChI is InChI=1S/C11H10F2/c1-7-3-2-4-8-9(12)5-6-10(13)11(7)8/h2,4-7H,3H2,1H3. The zero-order chi connectivity index (χ0) is 9.42. The van der Waals surface area contributed by atoms with E-state index in [1.807, 2.05) is 13.0 Å². The number of hydrogen-bond donors (Lipinski definition) is 0. The van der Waals surface area contributed by atoms with Crippen molar-refractivity contribution >= 4 is 6.08 Å². The molecule has 13 heavy (non-hydrogen) atoms. The maximum absolute atomic E-state index is 13.3. The number of rotatable bonds is 0. The molecule has 1 aromatic rings. The molecular weight excluding hydrogens is 170 g/mol. The molecule has 1 aliphatic rings. The lowest BCUT2D eigenvalue weighted by molar-refractivity contribution is 0.563. The predicted molar refractivity (Wildman–Crippen MR) is 48.4 cm³/mol. The zero-order valence-electron chi connectivity index (χ0n) is 7.35. The van der Waals surface area contributed by atoms with Crippen molar-refractivity contribution in [1.29, 1.82) is 0 Å². The van der Waals surface area contributed by atoms with Crippen molar-refractivity contribution < 1.29 is 8.78 Å². The van der Waals surface area contributed by atoms with Gasteiger partial charge in [0, 0.05) is 11.1 Å². The quantitative estimate of drug-likeness (QED) is 0.573. The largest absolute Gasteiger partial charge is 0.207 e. The monoisotopic (exact) mass is 180 g/mol. The van der Waals surface area contributed by atoms with Crippen LogP contribution in [0.5, 0.6) is 0 Å². The van der Waals surface area contributed by atoms with E-state index in [1.165, 1.54) is 12.1 Å². The SMILES string of the molecule is CC1CC=Cc2c(F)ccc(F)c21. The first-order valence-corrected chi connectivity index (χ1v) is 4.34. The fourth-order valence-corrected chi connectivity index (χ4v) is 1.76. The van der Waals surface area contributed by atoms with E-state index in [9.17, 15) is 8.78 Å². The van der Waals surface area contributed by atoms with Crippen molar-refractivity contribution in [2.45, 2.75) is 19.3 Å². The van der Waals surface area contributed by atoms with Gasteiger partial charge in [0.05, 0.1) is 0 Å². The van der Waals surface area contributed by atoms with Gasteiger partial charge in [0.15, 0.2) is 0 Å². The fraction of sp³-hybridized carbons (Fsp3) is 0.273. The van der Waals surface area contributed by atoms with Crippen LogP contribution in [0.25, 0.3) is 6.08 Å².